The van der Waals surface area contributed by atoms with Gasteiger partial charge in [0, 0.05) is 30.0 Å². The van der Waals surface area contributed by atoms with E-state index in [-0.39, 0.29) is 12.2 Å². The summed E-state index contributed by atoms with van der Waals surface area (Å²) in [7, 11) is 0. The van der Waals surface area contributed by atoms with Crippen molar-refractivity contribution >= 4 is 11.4 Å². The third-order valence-corrected chi connectivity index (χ3v) is 5.37. The molecule has 170 valence electrons. The van der Waals surface area contributed by atoms with Crippen molar-refractivity contribution in [3.63, 3.8) is 0 Å². The molecular formula is C27H20F3N3O. The fraction of sp³-hybridized carbons (Fsp3) is 0.111. The predicted octanol–water partition coefficient (Wildman–Crippen LogP) is 6.75. The van der Waals surface area contributed by atoms with Crippen LogP contribution in [0.5, 0.6) is 0 Å². The fourth-order valence-electron chi connectivity index (χ4n) is 3.71. The number of hydrogen-bond donors (Lipinski definition) is 1. The van der Waals surface area contributed by atoms with Crippen molar-refractivity contribution in [1.29, 1.82) is 0 Å². The van der Waals surface area contributed by atoms with E-state index in [0.717, 1.165) is 17.2 Å². The average molecular weight is 459 g/mol. The molecule has 3 aromatic carbocycles. The maximum Gasteiger partial charge on any atom is 0.407 e. The Morgan fingerprint density at radius 3 is 2.12 bits per heavy atom. The van der Waals surface area contributed by atoms with Crippen molar-refractivity contribution in [2.45, 2.75) is 19.3 Å². The van der Waals surface area contributed by atoms with E-state index in [4.69, 9.17) is 6.57 Å². The highest BCUT2D eigenvalue weighted by Crippen LogP contribution is 2.37. The summed E-state index contributed by atoms with van der Waals surface area (Å²) in [6.45, 7) is 7.80. The lowest BCUT2D eigenvalue weighted by atomic mass is 10.0. The van der Waals surface area contributed by atoms with Crippen LogP contribution in [-0.2, 0) is 19.3 Å². The molecule has 34 heavy (non-hydrogen) atoms. The molecule has 4 rings (SSSR count). The molecule has 0 bridgehead atoms. The summed E-state index contributed by atoms with van der Waals surface area (Å²) in [4.78, 5) is 16.0. The first-order valence-electron chi connectivity index (χ1n) is 10.5. The molecule has 0 atom stereocenters. The summed E-state index contributed by atoms with van der Waals surface area (Å²) in [6, 6.07) is 26.4. The zero-order chi connectivity index (χ0) is 24.1. The normalized spacial score (nSPS) is 11.1. The monoisotopic (exact) mass is 459 g/mol. The predicted molar refractivity (Wildman–Crippen MR) is 127 cm³/mol. The molecule has 0 saturated heterocycles. The number of alkyl halides is 3. The topological polar surface area (TPSA) is 38.4 Å². The van der Waals surface area contributed by atoms with Crippen LogP contribution >= 0.6 is 0 Å². The molecule has 0 fully saturated rings. The summed E-state index contributed by atoms with van der Waals surface area (Å²) in [5.74, 6) is 0. The standard InChI is InChI=1S/C27H20F3N3O/c1-31-25-23(27(28,29)30)16-24(33(26(25)34)18-20-11-6-3-7-12-20)21-13-8-14-22(15-21)32-17-19-9-4-2-5-10-19/h2-16,32H,17-18H2. The highest BCUT2D eigenvalue weighted by molar-refractivity contribution is 5.69. The first-order chi connectivity index (χ1) is 16.4. The van der Waals surface area contributed by atoms with Gasteiger partial charge >= 0.3 is 6.18 Å². The van der Waals surface area contributed by atoms with E-state index in [1.54, 1.807) is 42.5 Å². The summed E-state index contributed by atoms with van der Waals surface area (Å²) in [5.41, 5.74) is -0.103. The van der Waals surface area contributed by atoms with Crippen LogP contribution in [0, 0.1) is 6.57 Å². The van der Waals surface area contributed by atoms with Crippen molar-refractivity contribution in [3.05, 3.63) is 129 Å². The molecule has 0 aliphatic rings. The van der Waals surface area contributed by atoms with E-state index in [1.807, 2.05) is 42.5 Å². The van der Waals surface area contributed by atoms with Gasteiger partial charge in [0.2, 0.25) is 0 Å². The van der Waals surface area contributed by atoms with Gasteiger partial charge in [0.15, 0.2) is 0 Å². The third-order valence-electron chi connectivity index (χ3n) is 5.37. The van der Waals surface area contributed by atoms with Gasteiger partial charge in [-0.25, -0.2) is 4.85 Å². The minimum Gasteiger partial charge on any atom is -0.381 e. The van der Waals surface area contributed by atoms with E-state index >= 15 is 0 Å². The molecule has 0 radical (unpaired) electrons. The molecular weight excluding hydrogens is 439 g/mol. The molecule has 0 unspecified atom stereocenters. The minimum absolute atomic E-state index is 0.0390. The number of anilines is 1. The number of pyridine rings is 1. The van der Waals surface area contributed by atoms with Gasteiger partial charge in [-0.2, -0.15) is 13.2 Å². The smallest absolute Gasteiger partial charge is 0.381 e. The van der Waals surface area contributed by atoms with Gasteiger partial charge in [-0.1, -0.05) is 72.8 Å². The molecule has 1 aromatic heterocycles. The van der Waals surface area contributed by atoms with Gasteiger partial charge in [0.1, 0.15) is 0 Å². The van der Waals surface area contributed by atoms with Gasteiger partial charge in [0.25, 0.3) is 11.2 Å². The molecule has 7 heteroatoms. The number of nitrogens with one attached hydrogen (secondary N) is 1. The van der Waals surface area contributed by atoms with Crippen molar-refractivity contribution in [3.8, 4) is 11.3 Å². The Labute approximate surface area is 194 Å². The van der Waals surface area contributed by atoms with Crippen molar-refractivity contribution in [2.24, 2.45) is 0 Å². The quantitative estimate of drug-likeness (QED) is 0.324. The number of rotatable bonds is 6. The van der Waals surface area contributed by atoms with Crippen LogP contribution in [0.3, 0.4) is 0 Å². The van der Waals surface area contributed by atoms with Crippen LogP contribution in [0.4, 0.5) is 24.5 Å². The van der Waals surface area contributed by atoms with Crippen molar-refractivity contribution in [1.82, 2.24) is 4.57 Å². The number of halogens is 3. The highest BCUT2D eigenvalue weighted by atomic mass is 19.4. The van der Waals surface area contributed by atoms with Crippen LogP contribution < -0.4 is 10.9 Å². The van der Waals surface area contributed by atoms with Crippen LogP contribution in [0.15, 0.2) is 95.8 Å². The van der Waals surface area contributed by atoms with E-state index in [9.17, 15) is 18.0 Å². The lowest BCUT2D eigenvalue weighted by Crippen LogP contribution is -2.25. The molecule has 4 aromatic rings. The summed E-state index contributed by atoms with van der Waals surface area (Å²) in [5, 5.41) is 3.26. The molecule has 1 heterocycles. The van der Waals surface area contributed by atoms with Crippen LogP contribution in [-0.4, -0.2) is 4.57 Å². The van der Waals surface area contributed by atoms with Crippen molar-refractivity contribution < 1.29 is 13.2 Å². The van der Waals surface area contributed by atoms with Gasteiger partial charge in [-0.15, -0.1) is 0 Å². The average Bonchev–Trinajstić information content (AvgIpc) is 2.84. The molecule has 0 aliphatic carbocycles. The third kappa shape index (κ3) is 5.02. The van der Waals surface area contributed by atoms with Gasteiger partial charge in [0.05, 0.1) is 12.1 Å². The Kier molecular flexibility index (Phi) is 6.51. The summed E-state index contributed by atoms with van der Waals surface area (Å²) in [6.07, 6.45) is -4.83. The molecule has 0 aliphatic heterocycles. The van der Waals surface area contributed by atoms with Crippen molar-refractivity contribution in [2.75, 3.05) is 5.32 Å². The summed E-state index contributed by atoms with van der Waals surface area (Å²) < 4.78 is 42.5. The van der Waals surface area contributed by atoms with E-state index < -0.39 is 23.0 Å². The lowest BCUT2D eigenvalue weighted by molar-refractivity contribution is -0.136. The Balaban J connectivity index is 1.82. The molecule has 1 N–H and O–H groups in total. The second-order valence-corrected chi connectivity index (χ2v) is 7.70. The number of aromatic nitrogens is 1. The number of hydrogen-bond acceptors (Lipinski definition) is 2. The first kappa shape index (κ1) is 22.9. The summed E-state index contributed by atoms with van der Waals surface area (Å²) >= 11 is 0. The number of nitrogens with zero attached hydrogens (tertiary/aromatic N) is 2. The van der Waals surface area contributed by atoms with Gasteiger partial charge < -0.3 is 9.88 Å². The Bertz CT molecular complexity index is 1390. The van der Waals surface area contributed by atoms with Crippen LogP contribution in [0.25, 0.3) is 16.1 Å². The highest BCUT2D eigenvalue weighted by Gasteiger charge is 2.36. The Morgan fingerprint density at radius 1 is 0.853 bits per heavy atom. The second kappa shape index (κ2) is 9.67. The van der Waals surface area contributed by atoms with E-state index in [0.29, 0.717) is 17.8 Å². The molecule has 4 nitrogen and oxygen atoms in total. The Hall–Kier alpha value is -4.31. The zero-order valence-corrected chi connectivity index (χ0v) is 18.0. The van der Waals surface area contributed by atoms with Gasteiger partial charge in [-0.05, 0) is 29.3 Å². The lowest BCUT2D eigenvalue weighted by Gasteiger charge is -2.18. The first-order valence-corrected chi connectivity index (χ1v) is 10.5. The number of benzene rings is 3. The fourth-order valence-corrected chi connectivity index (χ4v) is 3.71. The van der Waals surface area contributed by atoms with Crippen LogP contribution in [0.2, 0.25) is 0 Å². The minimum atomic E-state index is -4.83. The van der Waals surface area contributed by atoms with E-state index in [1.165, 1.54) is 4.57 Å². The van der Waals surface area contributed by atoms with E-state index in [2.05, 4.69) is 10.2 Å². The maximum absolute atomic E-state index is 13.8. The largest absolute Gasteiger partial charge is 0.407 e. The molecule has 0 saturated carbocycles. The van der Waals surface area contributed by atoms with Gasteiger partial charge in [-0.3, -0.25) is 4.79 Å². The Morgan fingerprint density at radius 2 is 1.50 bits per heavy atom. The molecule has 0 amide bonds. The molecule has 0 spiro atoms. The maximum atomic E-state index is 13.8. The SMILES string of the molecule is [C-]#[N+]c1c(C(F)(F)F)cc(-c2cccc(NCc3ccccc3)c2)n(Cc2ccccc2)c1=O. The van der Waals surface area contributed by atoms with Crippen LogP contribution in [0.1, 0.15) is 16.7 Å². The second-order valence-electron chi connectivity index (χ2n) is 7.70. The zero-order valence-electron chi connectivity index (χ0n) is 18.0.